The van der Waals surface area contributed by atoms with Crippen molar-refractivity contribution in [3.63, 3.8) is 0 Å². The van der Waals surface area contributed by atoms with Gasteiger partial charge >= 0.3 is 12.0 Å². The van der Waals surface area contributed by atoms with E-state index in [0.717, 1.165) is 61.2 Å². The molecule has 0 saturated heterocycles. The Kier molecular flexibility index (Phi) is 6.69. The van der Waals surface area contributed by atoms with E-state index in [1.807, 2.05) is 18.2 Å². The minimum atomic E-state index is -0.362. The summed E-state index contributed by atoms with van der Waals surface area (Å²) in [5, 5.41) is 10.0. The van der Waals surface area contributed by atoms with Crippen LogP contribution in [0.25, 0.3) is 11.2 Å². The van der Waals surface area contributed by atoms with Crippen molar-refractivity contribution >= 4 is 69.2 Å². The third-order valence-corrected chi connectivity index (χ3v) is 7.84. The van der Waals surface area contributed by atoms with Crippen LogP contribution in [-0.4, -0.2) is 39.6 Å². The number of rotatable bonds is 5. The third-order valence-electron chi connectivity index (χ3n) is 7.10. The smallest absolute Gasteiger partial charge is 0.337 e. The molecule has 38 heavy (non-hydrogen) atoms. The first-order chi connectivity index (χ1) is 18.4. The average Bonchev–Trinajstić information content (AvgIpc) is 3.54. The lowest BCUT2D eigenvalue weighted by atomic mass is 9.92. The van der Waals surface area contributed by atoms with Crippen molar-refractivity contribution in [2.24, 2.45) is 5.73 Å². The zero-order valence-electron chi connectivity index (χ0n) is 20.5. The van der Waals surface area contributed by atoms with E-state index in [1.54, 1.807) is 24.5 Å². The summed E-state index contributed by atoms with van der Waals surface area (Å²) < 4.78 is 0. The van der Waals surface area contributed by atoms with E-state index >= 15 is 0 Å². The lowest BCUT2D eigenvalue weighted by Crippen LogP contribution is -2.35. The van der Waals surface area contributed by atoms with Crippen molar-refractivity contribution in [1.29, 1.82) is 0 Å². The minimum Gasteiger partial charge on any atom is -0.337 e. The Morgan fingerprint density at radius 3 is 2.61 bits per heavy atom. The van der Waals surface area contributed by atoms with Gasteiger partial charge in [-0.25, -0.2) is 14.8 Å². The summed E-state index contributed by atoms with van der Waals surface area (Å²) in [5.41, 5.74) is 11.0. The number of nitrogens with one attached hydrogen (secondary N) is 5. The second kappa shape index (κ2) is 10.3. The van der Waals surface area contributed by atoms with Crippen molar-refractivity contribution in [2.75, 3.05) is 27.4 Å². The van der Waals surface area contributed by atoms with Gasteiger partial charge < -0.3 is 21.4 Å². The highest BCUT2D eigenvalue weighted by molar-refractivity contribution is 6.42. The maximum Gasteiger partial charge on any atom is 0.347 e. The lowest BCUT2D eigenvalue weighted by Gasteiger charge is -2.25. The molecule has 0 atom stereocenters. The van der Waals surface area contributed by atoms with E-state index in [2.05, 4.69) is 35.8 Å². The molecule has 2 aliphatic rings. The number of urea groups is 1. The lowest BCUT2D eigenvalue weighted by molar-refractivity contribution is -0.348. The van der Waals surface area contributed by atoms with Crippen LogP contribution in [0.4, 0.5) is 33.6 Å². The van der Waals surface area contributed by atoms with Crippen molar-refractivity contribution in [1.82, 2.24) is 15.0 Å². The molecule has 1 saturated carbocycles. The highest BCUT2D eigenvalue weighted by Crippen LogP contribution is 2.36. The van der Waals surface area contributed by atoms with E-state index < -0.39 is 0 Å². The van der Waals surface area contributed by atoms with Gasteiger partial charge in [0.25, 0.3) is 0 Å². The van der Waals surface area contributed by atoms with Gasteiger partial charge in [-0.3, -0.25) is 10.2 Å². The summed E-state index contributed by atoms with van der Waals surface area (Å²) in [4.78, 5) is 30.6. The average molecular weight is 553 g/mol. The summed E-state index contributed by atoms with van der Waals surface area (Å²) in [7, 11) is 0. The van der Waals surface area contributed by atoms with Crippen LogP contribution in [0.1, 0.15) is 31.2 Å². The molecule has 0 spiro atoms. The summed E-state index contributed by atoms with van der Waals surface area (Å²) in [6, 6.07) is 11.1. The molecule has 0 bridgehead atoms. The monoisotopic (exact) mass is 552 g/mol. The second-order valence-electron chi connectivity index (χ2n) is 9.74. The molecule has 1 aliphatic carbocycles. The second-order valence-corrected chi connectivity index (χ2v) is 10.6. The molecule has 0 unspecified atom stereocenters. The fourth-order valence-electron chi connectivity index (χ4n) is 5.16. The normalized spacial score (nSPS) is 18.9. The van der Waals surface area contributed by atoms with Crippen molar-refractivity contribution in [2.45, 2.75) is 44.2 Å². The van der Waals surface area contributed by atoms with Crippen LogP contribution in [-0.2, 0) is 6.42 Å². The minimum absolute atomic E-state index is 0.289. The Bertz CT molecular complexity index is 1500. The van der Waals surface area contributed by atoms with Gasteiger partial charge in [-0.2, -0.15) is 0 Å². The molecule has 2 amide bonds. The first kappa shape index (κ1) is 24.7. The van der Waals surface area contributed by atoms with Crippen molar-refractivity contribution < 1.29 is 9.78 Å². The zero-order valence-corrected chi connectivity index (χ0v) is 22.0. The fraction of sp³-hybridized carbons (Fsp3) is 0.308. The summed E-state index contributed by atoms with van der Waals surface area (Å²) >= 11 is 12.0. The first-order valence-electron chi connectivity index (χ1n) is 12.6. The number of amides is 2. The molecule has 10 nitrogen and oxygen atoms in total. The number of anilines is 5. The molecule has 4 aromatic rings. The standard InChI is InChI=1S/C26H27Cl2N9O/c27-19-7-5-18(12-20(19)28)34-26(38)33-17-6-8-21-14(11-17)9-10-37(21)24-22-23(31-13-30-22)35-25(36-24)32-16-3-1-15(29)2-4-16/h5-8,11-13,15-16H,1-4,9-10,29H2,(H2,33,34,38)(H2,30,31,32,35,36)/p+1. The summed E-state index contributed by atoms with van der Waals surface area (Å²) in [6.07, 6.45) is 6.55. The van der Waals surface area contributed by atoms with E-state index in [9.17, 15) is 4.79 Å². The van der Waals surface area contributed by atoms with Gasteiger partial charge in [0.2, 0.25) is 11.5 Å². The molecule has 12 heteroatoms. The number of nitrogens with two attached hydrogens (primary N) is 1. The topological polar surface area (TPSA) is 138 Å². The molecule has 0 radical (unpaired) electrons. The van der Waals surface area contributed by atoms with Crippen molar-refractivity contribution in [3.8, 4) is 0 Å². The molecule has 6 rings (SSSR count). The number of benzene rings is 2. The van der Waals surface area contributed by atoms with Crippen LogP contribution in [0.2, 0.25) is 10.0 Å². The molecular weight excluding hydrogens is 525 g/mol. The number of fused-ring (bicyclic) bond motifs is 2. The van der Waals surface area contributed by atoms with Crippen LogP contribution in [0.3, 0.4) is 0 Å². The molecule has 2 aromatic heterocycles. The molecule has 2 aromatic carbocycles. The molecule has 196 valence electrons. The number of nitrogens with zero attached hydrogens (tertiary/aromatic N) is 3. The quantitative estimate of drug-likeness (QED) is 0.233. The van der Waals surface area contributed by atoms with Crippen LogP contribution in [0, 0.1) is 0 Å². The Hall–Kier alpha value is -3.60. The van der Waals surface area contributed by atoms with Gasteiger partial charge in [0.15, 0.2) is 5.52 Å². The number of carbonyl (C=O) groups excluding carboxylic acids is 1. The predicted molar refractivity (Wildman–Crippen MR) is 151 cm³/mol. The van der Waals surface area contributed by atoms with Gasteiger partial charge in [0, 0.05) is 23.8 Å². The van der Waals surface area contributed by atoms with Crippen LogP contribution in [0.15, 0.2) is 42.7 Å². The van der Waals surface area contributed by atoms with E-state index in [1.165, 1.54) is 0 Å². The highest BCUT2D eigenvalue weighted by Gasteiger charge is 2.30. The van der Waals surface area contributed by atoms with E-state index in [0.29, 0.717) is 39.1 Å². The maximum atomic E-state index is 12.6. The SMILES string of the molecule is NC1CCC(Nc2nc3nc[nH]c3c(N3CCc4cc(NC(=O)Nc5ccc(Cl)c(Cl)c5)ccc43)[nH+]2)CC1. The Labute approximate surface area is 229 Å². The Morgan fingerprint density at radius 2 is 1.82 bits per heavy atom. The molecule has 3 heterocycles. The van der Waals surface area contributed by atoms with Crippen molar-refractivity contribution in [3.05, 3.63) is 58.3 Å². The molecule has 7 N–H and O–H groups in total. The maximum absolute atomic E-state index is 12.6. The van der Waals surface area contributed by atoms with Crippen LogP contribution >= 0.6 is 23.2 Å². The van der Waals surface area contributed by atoms with E-state index in [4.69, 9.17) is 33.9 Å². The molecular formula is C26H28Cl2N9O+. The Morgan fingerprint density at radius 1 is 1.05 bits per heavy atom. The molecule has 1 aliphatic heterocycles. The summed E-state index contributed by atoms with van der Waals surface area (Å²) in [5.74, 6) is 1.60. The first-order valence-corrected chi connectivity index (χ1v) is 13.4. The summed E-state index contributed by atoms with van der Waals surface area (Å²) in [6.45, 7) is 0.778. The number of hydrogen-bond acceptors (Lipinski definition) is 6. The number of halogens is 2. The van der Waals surface area contributed by atoms with Gasteiger partial charge in [-0.1, -0.05) is 28.2 Å². The number of hydrogen-bond donors (Lipinski definition) is 5. The molecule has 1 fully saturated rings. The van der Waals surface area contributed by atoms with Gasteiger partial charge in [-0.15, -0.1) is 0 Å². The van der Waals surface area contributed by atoms with Gasteiger partial charge in [0.05, 0.1) is 34.6 Å². The largest absolute Gasteiger partial charge is 0.347 e. The zero-order chi connectivity index (χ0) is 26.2. The van der Waals surface area contributed by atoms with Gasteiger partial charge in [-0.05, 0) is 67.6 Å². The van der Waals surface area contributed by atoms with Gasteiger partial charge in [0.1, 0.15) is 0 Å². The van der Waals surface area contributed by atoms with Crippen LogP contribution in [0.5, 0.6) is 0 Å². The number of imidazole rings is 1. The number of carbonyl (C=O) groups is 1. The third kappa shape index (κ3) is 5.07. The number of H-pyrrole nitrogens is 2. The highest BCUT2D eigenvalue weighted by atomic mass is 35.5. The predicted octanol–water partition coefficient (Wildman–Crippen LogP) is 5.10. The number of aromatic amines is 2. The van der Waals surface area contributed by atoms with Crippen LogP contribution < -0.4 is 31.6 Å². The fourth-order valence-corrected chi connectivity index (χ4v) is 5.46. The van der Waals surface area contributed by atoms with E-state index in [-0.39, 0.29) is 12.1 Å². The number of aromatic nitrogens is 4. The Balaban J connectivity index is 1.20.